The predicted molar refractivity (Wildman–Crippen MR) is 52.9 cm³/mol. The Morgan fingerprint density at radius 1 is 1.29 bits per heavy atom. The van der Waals surface area contributed by atoms with Crippen molar-refractivity contribution in [2.75, 3.05) is 0 Å². The molecule has 14 heavy (non-hydrogen) atoms. The van der Waals surface area contributed by atoms with Crippen LogP contribution in [0.4, 0.5) is 0 Å². The van der Waals surface area contributed by atoms with Gasteiger partial charge in [-0.1, -0.05) is 18.2 Å². The Morgan fingerprint density at radius 3 is 1.93 bits per heavy atom. The van der Waals surface area contributed by atoms with Crippen LogP contribution in [0.5, 0.6) is 0 Å². The lowest BCUT2D eigenvalue weighted by molar-refractivity contribution is -0.138. The highest BCUT2D eigenvalue weighted by Gasteiger charge is 1.99. The molecular formula is C9H15NO4. The lowest BCUT2D eigenvalue weighted by Crippen LogP contribution is -2.25. The summed E-state index contributed by atoms with van der Waals surface area (Å²) in [6.07, 6.45) is 5.98. The Morgan fingerprint density at radius 2 is 1.71 bits per heavy atom. The summed E-state index contributed by atoms with van der Waals surface area (Å²) in [7, 11) is 0. The molecule has 0 heterocycles. The highest BCUT2D eigenvalue weighted by Crippen LogP contribution is 1.74. The summed E-state index contributed by atoms with van der Waals surface area (Å²) in [5.41, 5.74) is 4.84. The average Bonchev–Trinajstić information content (AvgIpc) is 2.05. The third kappa shape index (κ3) is 16.8. The van der Waals surface area contributed by atoms with E-state index < -0.39 is 18.0 Å². The fraction of sp³-hybridized carbons (Fsp3) is 0.333. The standard InChI is InChI=1S/C6H8O2.C3H7NO2/c1-2-3-4-5-6(7)8;1-2(4)3(5)6/h2-5H,1H3,(H,7,8);2H,4H2,1H3,(H,5,6)/b3-2+,5-4+;. The van der Waals surface area contributed by atoms with E-state index in [1.54, 1.807) is 12.2 Å². The van der Waals surface area contributed by atoms with Crippen molar-refractivity contribution in [3.05, 3.63) is 24.3 Å². The van der Waals surface area contributed by atoms with Crippen molar-refractivity contribution in [1.82, 2.24) is 0 Å². The Hall–Kier alpha value is -1.62. The fourth-order valence-electron chi connectivity index (χ4n) is 0.249. The lowest BCUT2D eigenvalue weighted by Gasteiger charge is -1.90. The summed E-state index contributed by atoms with van der Waals surface area (Å²) in [5, 5.41) is 15.9. The smallest absolute Gasteiger partial charge is 0.328 e. The Bertz CT molecular complexity index is 231. The summed E-state index contributed by atoms with van der Waals surface area (Å²) < 4.78 is 0. The second kappa shape index (κ2) is 9.47. The van der Waals surface area contributed by atoms with E-state index in [9.17, 15) is 9.59 Å². The number of hydrogen-bond donors (Lipinski definition) is 3. The highest BCUT2D eigenvalue weighted by molar-refractivity contribution is 5.80. The number of aliphatic carboxylic acids is 2. The van der Waals surface area contributed by atoms with Gasteiger partial charge in [0.25, 0.3) is 0 Å². The van der Waals surface area contributed by atoms with Gasteiger partial charge < -0.3 is 15.9 Å². The van der Waals surface area contributed by atoms with E-state index in [1.165, 1.54) is 13.0 Å². The van der Waals surface area contributed by atoms with Gasteiger partial charge in [0.15, 0.2) is 0 Å². The molecule has 0 fully saturated rings. The van der Waals surface area contributed by atoms with Gasteiger partial charge in [0.2, 0.25) is 0 Å². The number of nitrogens with two attached hydrogens (primary N) is 1. The average molecular weight is 201 g/mol. The molecule has 5 nitrogen and oxygen atoms in total. The van der Waals surface area contributed by atoms with E-state index in [2.05, 4.69) is 0 Å². The van der Waals surface area contributed by atoms with Crippen molar-refractivity contribution in [2.45, 2.75) is 19.9 Å². The monoisotopic (exact) mass is 201 g/mol. The molecule has 4 N–H and O–H groups in total. The third-order valence-electron chi connectivity index (χ3n) is 0.932. The van der Waals surface area contributed by atoms with Crippen LogP contribution in [0.15, 0.2) is 24.3 Å². The summed E-state index contributed by atoms with van der Waals surface area (Å²) in [6.45, 7) is 3.24. The van der Waals surface area contributed by atoms with E-state index in [0.717, 1.165) is 6.08 Å². The predicted octanol–water partition coefficient (Wildman–Crippen LogP) is 0.621. The number of carbonyl (C=O) groups is 2. The van der Waals surface area contributed by atoms with E-state index in [-0.39, 0.29) is 0 Å². The van der Waals surface area contributed by atoms with Crippen LogP contribution in [0.2, 0.25) is 0 Å². The molecule has 0 saturated heterocycles. The molecule has 0 saturated carbocycles. The van der Waals surface area contributed by atoms with E-state index in [1.807, 2.05) is 6.92 Å². The van der Waals surface area contributed by atoms with E-state index in [4.69, 9.17) is 15.9 Å². The molecule has 0 aliphatic heterocycles. The molecule has 1 unspecified atom stereocenters. The molecule has 0 radical (unpaired) electrons. The molecule has 1 atom stereocenters. The Kier molecular flexibility index (Phi) is 10.1. The van der Waals surface area contributed by atoms with Crippen molar-refractivity contribution in [3.8, 4) is 0 Å². The molecule has 0 aromatic heterocycles. The van der Waals surface area contributed by atoms with Crippen LogP contribution < -0.4 is 5.73 Å². The van der Waals surface area contributed by atoms with Gasteiger partial charge in [0, 0.05) is 6.08 Å². The minimum atomic E-state index is -0.963. The van der Waals surface area contributed by atoms with Crippen molar-refractivity contribution < 1.29 is 19.8 Å². The van der Waals surface area contributed by atoms with Crippen LogP contribution in [0, 0.1) is 0 Å². The van der Waals surface area contributed by atoms with Crippen LogP contribution in [0.25, 0.3) is 0 Å². The first-order chi connectivity index (χ1) is 6.41. The van der Waals surface area contributed by atoms with Gasteiger partial charge in [0.1, 0.15) is 6.04 Å². The van der Waals surface area contributed by atoms with Gasteiger partial charge in [-0.05, 0) is 13.8 Å². The molecule has 0 amide bonds. The zero-order valence-electron chi connectivity index (χ0n) is 8.18. The van der Waals surface area contributed by atoms with Crippen molar-refractivity contribution in [3.63, 3.8) is 0 Å². The summed E-state index contributed by atoms with van der Waals surface area (Å²) in [6, 6.07) is -0.731. The first-order valence-corrected chi connectivity index (χ1v) is 3.92. The lowest BCUT2D eigenvalue weighted by atomic mass is 10.4. The molecule has 80 valence electrons. The Balaban J connectivity index is 0. The van der Waals surface area contributed by atoms with Gasteiger partial charge in [-0.25, -0.2) is 4.79 Å². The quantitative estimate of drug-likeness (QED) is 0.459. The summed E-state index contributed by atoms with van der Waals surface area (Å²) in [4.78, 5) is 19.3. The van der Waals surface area contributed by atoms with Crippen LogP contribution in [-0.4, -0.2) is 28.2 Å². The highest BCUT2D eigenvalue weighted by atomic mass is 16.4. The molecular weight excluding hydrogens is 186 g/mol. The number of hydrogen-bond acceptors (Lipinski definition) is 3. The molecule has 0 aliphatic carbocycles. The maximum Gasteiger partial charge on any atom is 0.328 e. The van der Waals surface area contributed by atoms with Crippen LogP contribution in [0.1, 0.15) is 13.8 Å². The van der Waals surface area contributed by atoms with Crippen molar-refractivity contribution in [1.29, 1.82) is 0 Å². The first kappa shape index (κ1) is 14.9. The van der Waals surface area contributed by atoms with Gasteiger partial charge in [-0.3, -0.25) is 4.79 Å². The van der Waals surface area contributed by atoms with Gasteiger partial charge in [-0.2, -0.15) is 0 Å². The second-order valence-corrected chi connectivity index (χ2v) is 2.35. The molecule has 0 aromatic carbocycles. The van der Waals surface area contributed by atoms with Crippen LogP contribution in [0.3, 0.4) is 0 Å². The maximum absolute atomic E-state index is 9.75. The number of carboxylic acids is 2. The summed E-state index contributed by atoms with van der Waals surface area (Å²) in [5.74, 6) is -1.88. The van der Waals surface area contributed by atoms with Gasteiger partial charge >= 0.3 is 11.9 Å². The topological polar surface area (TPSA) is 101 Å². The maximum atomic E-state index is 9.75. The fourth-order valence-corrected chi connectivity index (χ4v) is 0.249. The number of rotatable bonds is 3. The van der Waals surface area contributed by atoms with Crippen LogP contribution >= 0.6 is 0 Å². The Labute approximate surface area is 82.5 Å². The molecule has 0 aromatic rings. The van der Waals surface area contributed by atoms with Gasteiger partial charge in [-0.15, -0.1) is 0 Å². The zero-order valence-corrected chi connectivity index (χ0v) is 8.18. The second-order valence-electron chi connectivity index (χ2n) is 2.35. The van der Waals surface area contributed by atoms with E-state index >= 15 is 0 Å². The summed E-state index contributed by atoms with van der Waals surface area (Å²) >= 11 is 0. The normalized spacial score (nSPS) is 12.2. The molecule has 5 heteroatoms. The minimum absolute atomic E-state index is 0.731. The third-order valence-corrected chi connectivity index (χ3v) is 0.932. The van der Waals surface area contributed by atoms with E-state index in [0.29, 0.717) is 0 Å². The molecule has 0 spiro atoms. The SMILES string of the molecule is C/C=C/C=C/C(=O)O.CC(N)C(=O)O. The molecule has 0 rings (SSSR count). The number of allylic oxidation sites excluding steroid dienone is 3. The minimum Gasteiger partial charge on any atom is -0.480 e. The van der Waals surface area contributed by atoms with Crippen LogP contribution in [-0.2, 0) is 9.59 Å². The largest absolute Gasteiger partial charge is 0.480 e. The van der Waals surface area contributed by atoms with Gasteiger partial charge in [0.05, 0.1) is 0 Å². The number of carboxylic acid groups (broad SMARTS) is 2. The zero-order chi connectivity index (χ0) is 11.6. The molecule has 0 bridgehead atoms. The van der Waals surface area contributed by atoms with Crippen molar-refractivity contribution in [2.24, 2.45) is 5.73 Å². The van der Waals surface area contributed by atoms with Crippen molar-refractivity contribution >= 4 is 11.9 Å². The first-order valence-electron chi connectivity index (χ1n) is 3.92. The molecule has 0 aliphatic rings.